The standard InChI is InChI=1S/C22H24IN5O2/c1-12(2)22-24-21(26-30-22)19-18-8-14-10-28(13(3)4)25-20(14)16-9-15(29-5)6-7-17(16)27(18)11-23-19/h6-7,9-13H,8H2,1-5H3. The van der Waals surface area contributed by atoms with Crippen LogP contribution < -0.4 is 9.64 Å². The summed E-state index contributed by atoms with van der Waals surface area (Å²) in [7, 11) is 1.70. The number of hydrogen-bond donors (Lipinski definition) is 0. The molecule has 30 heavy (non-hydrogen) atoms. The molecule has 0 fully saturated rings. The summed E-state index contributed by atoms with van der Waals surface area (Å²) in [5.74, 6) is 2.47. The Bertz CT molecular complexity index is 1190. The molecule has 0 aliphatic carbocycles. The van der Waals surface area contributed by atoms with Gasteiger partial charge in [0.15, 0.2) is 0 Å². The number of fused-ring (bicyclic) bond motifs is 5. The summed E-state index contributed by atoms with van der Waals surface area (Å²) >= 11 is -0.371. The minimum atomic E-state index is -0.371. The zero-order valence-corrected chi connectivity index (χ0v) is 19.8. The van der Waals surface area contributed by atoms with E-state index in [2.05, 4.69) is 60.2 Å². The molecule has 2 aliphatic rings. The maximum atomic E-state index is 5.52. The molecule has 0 saturated carbocycles. The number of allylic oxidation sites excluding steroid dienone is 1. The Hall–Kier alpha value is -2.49. The first-order valence-corrected chi connectivity index (χ1v) is 12.4. The second-order valence-electron chi connectivity index (χ2n) is 8.08. The van der Waals surface area contributed by atoms with Crippen LogP contribution in [0.15, 0.2) is 34.6 Å². The van der Waals surface area contributed by atoms with Crippen LogP contribution in [0.4, 0.5) is 5.69 Å². The molecule has 7 nitrogen and oxygen atoms in total. The number of aromatic nitrogens is 4. The summed E-state index contributed by atoms with van der Waals surface area (Å²) in [5, 5.41) is 9.25. The van der Waals surface area contributed by atoms with E-state index in [0.717, 1.165) is 34.9 Å². The van der Waals surface area contributed by atoms with Gasteiger partial charge in [0, 0.05) is 45.5 Å². The molecule has 156 valence electrons. The van der Waals surface area contributed by atoms with Crippen LogP contribution >= 0.6 is 20.7 Å². The van der Waals surface area contributed by atoms with Gasteiger partial charge in [-0.05, 0) is 32.0 Å². The summed E-state index contributed by atoms with van der Waals surface area (Å²) in [5.41, 5.74) is 5.67. The van der Waals surface area contributed by atoms with Gasteiger partial charge in [-0.1, -0.05) is 39.7 Å². The largest absolute Gasteiger partial charge is 0.497 e. The number of halogens is 1. The number of anilines is 1. The van der Waals surface area contributed by atoms with Crippen molar-refractivity contribution in [3.63, 3.8) is 0 Å². The summed E-state index contributed by atoms with van der Waals surface area (Å²) in [6, 6.07) is 6.51. The van der Waals surface area contributed by atoms with Crippen molar-refractivity contribution >= 4 is 34.1 Å². The summed E-state index contributed by atoms with van der Waals surface area (Å²) in [6.45, 7) is 8.44. The first kappa shape index (κ1) is 19.5. The third-order valence-electron chi connectivity index (χ3n) is 5.34. The van der Waals surface area contributed by atoms with Crippen LogP contribution in [-0.4, -0.2) is 31.2 Å². The van der Waals surface area contributed by atoms with E-state index in [1.165, 1.54) is 14.8 Å². The molecule has 0 spiro atoms. The van der Waals surface area contributed by atoms with Crippen LogP contribution in [0.1, 0.15) is 56.9 Å². The molecule has 5 rings (SSSR count). The average molecular weight is 517 g/mol. The van der Waals surface area contributed by atoms with Crippen molar-refractivity contribution in [3.05, 3.63) is 47.4 Å². The Morgan fingerprint density at radius 2 is 2.03 bits per heavy atom. The highest BCUT2D eigenvalue weighted by atomic mass is 127. The number of methoxy groups -OCH3 is 1. The zero-order chi connectivity index (χ0) is 21.0. The van der Waals surface area contributed by atoms with Crippen LogP contribution in [0.25, 0.3) is 14.8 Å². The predicted molar refractivity (Wildman–Crippen MR) is 126 cm³/mol. The van der Waals surface area contributed by atoms with Crippen molar-refractivity contribution in [2.45, 2.75) is 46.1 Å². The van der Waals surface area contributed by atoms with Crippen molar-refractivity contribution in [3.8, 4) is 17.0 Å². The Morgan fingerprint density at radius 1 is 1.20 bits per heavy atom. The molecule has 0 N–H and O–H groups in total. The number of hydrogen-bond acceptors (Lipinski definition) is 6. The molecule has 0 radical (unpaired) electrons. The average Bonchev–Trinajstić information content (AvgIpc) is 3.44. The number of nitrogens with zero attached hydrogens (tertiary/aromatic N) is 5. The van der Waals surface area contributed by atoms with Crippen molar-refractivity contribution in [2.75, 3.05) is 12.0 Å². The first-order chi connectivity index (χ1) is 14.5. The molecule has 8 heteroatoms. The van der Waals surface area contributed by atoms with Crippen molar-refractivity contribution < 1.29 is 9.26 Å². The van der Waals surface area contributed by atoms with Crippen LogP contribution in [0.2, 0.25) is 0 Å². The fraction of sp³-hybridized carbons (Fsp3) is 0.364. The van der Waals surface area contributed by atoms with Gasteiger partial charge in [-0.15, -0.1) is 0 Å². The highest BCUT2D eigenvalue weighted by Gasteiger charge is 2.32. The third-order valence-corrected chi connectivity index (χ3v) is 7.91. The van der Waals surface area contributed by atoms with Crippen LogP contribution in [0, 0.1) is 0 Å². The highest BCUT2D eigenvalue weighted by Crippen LogP contribution is 2.47. The van der Waals surface area contributed by atoms with Crippen molar-refractivity contribution in [1.82, 2.24) is 19.9 Å². The maximum Gasteiger partial charge on any atom is 0.229 e. The Labute approximate surface area is 185 Å². The van der Waals surface area contributed by atoms with Gasteiger partial charge in [0.25, 0.3) is 0 Å². The second kappa shape index (κ2) is 7.33. The van der Waals surface area contributed by atoms with Crippen LogP contribution in [-0.2, 0) is 6.42 Å². The van der Waals surface area contributed by atoms with Gasteiger partial charge in [0.1, 0.15) is 5.75 Å². The Morgan fingerprint density at radius 3 is 2.73 bits per heavy atom. The Kier molecular flexibility index (Phi) is 4.76. The maximum absolute atomic E-state index is 5.52. The van der Waals surface area contributed by atoms with Crippen LogP contribution in [0.3, 0.4) is 0 Å². The smallest absolute Gasteiger partial charge is 0.229 e. The summed E-state index contributed by atoms with van der Waals surface area (Å²) in [6.07, 6.45) is 2.96. The SMILES string of the molecule is COc1ccc2c(c1)-c1nn(C(C)C)cc1CC1=C(c3noc(C(C)C)n3)I=CN12. The monoisotopic (exact) mass is 517 g/mol. The molecule has 1 aromatic carbocycles. The van der Waals surface area contributed by atoms with Crippen molar-refractivity contribution in [1.29, 1.82) is 0 Å². The Balaban J connectivity index is 1.71. The number of ether oxygens (including phenoxy) is 1. The first-order valence-electron chi connectivity index (χ1n) is 10.1. The van der Waals surface area contributed by atoms with E-state index in [-0.39, 0.29) is 26.6 Å². The topological polar surface area (TPSA) is 69.2 Å². The molecule has 3 aromatic rings. The lowest BCUT2D eigenvalue weighted by molar-refractivity contribution is 0.363. The van der Waals surface area contributed by atoms with E-state index in [1.54, 1.807) is 7.11 Å². The van der Waals surface area contributed by atoms with Gasteiger partial charge in [-0.2, -0.15) is 10.1 Å². The minimum Gasteiger partial charge on any atom is -0.497 e. The van der Waals surface area contributed by atoms with Gasteiger partial charge in [-0.25, -0.2) is 0 Å². The normalized spacial score (nSPS) is 15.2. The van der Waals surface area contributed by atoms with Gasteiger partial charge in [0.2, 0.25) is 11.7 Å². The van der Waals surface area contributed by atoms with E-state index in [4.69, 9.17) is 19.3 Å². The molecule has 2 aliphatic heterocycles. The van der Waals surface area contributed by atoms with Crippen LogP contribution in [0.5, 0.6) is 5.75 Å². The second-order valence-corrected chi connectivity index (χ2v) is 10.3. The lowest BCUT2D eigenvalue weighted by Gasteiger charge is -2.21. The number of rotatable bonds is 4. The van der Waals surface area contributed by atoms with Gasteiger partial charge < -0.3 is 14.2 Å². The zero-order valence-electron chi connectivity index (χ0n) is 17.7. The number of benzene rings is 1. The van der Waals surface area contributed by atoms with Gasteiger partial charge in [-0.3, -0.25) is 4.68 Å². The highest BCUT2D eigenvalue weighted by molar-refractivity contribution is 14.2. The predicted octanol–water partition coefficient (Wildman–Crippen LogP) is 5.12. The van der Waals surface area contributed by atoms with E-state index in [0.29, 0.717) is 11.9 Å². The lowest BCUT2D eigenvalue weighted by atomic mass is 10.1. The molecule has 4 heterocycles. The quantitative estimate of drug-likeness (QED) is 0.448. The summed E-state index contributed by atoms with van der Waals surface area (Å²) in [4.78, 5) is 7.00. The summed E-state index contributed by atoms with van der Waals surface area (Å²) < 4.78 is 16.6. The minimum absolute atomic E-state index is 0.217. The third kappa shape index (κ3) is 3.08. The fourth-order valence-electron chi connectivity index (χ4n) is 3.70. The van der Waals surface area contributed by atoms with Gasteiger partial charge >= 0.3 is 0 Å². The van der Waals surface area contributed by atoms with E-state index in [9.17, 15) is 0 Å². The van der Waals surface area contributed by atoms with E-state index >= 15 is 0 Å². The molecule has 0 amide bonds. The fourth-order valence-corrected chi connectivity index (χ4v) is 6.20. The molecular formula is C22H24IN5O2. The molecule has 0 atom stereocenters. The lowest BCUT2D eigenvalue weighted by Crippen LogP contribution is -2.18. The molecule has 0 bridgehead atoms. The van der Waals surface area contributed by atoms with Gasteiger partial charge in [0.05, 0.1) is 22.1 Å². The molecule has 0 saturated heterocycles. The molecule has 2 aromatic heterocycles. The molecular weight excluding hydrogens is 493 g/mol. The molecule has 0 unspecified atom stereocenters. The van der Waals surface area contributed by atoms with E-state index in [1.807, 2.05) is 10.7 Å². The van der Waals surface area contributed by atoms with E-state index < -0.39 is 0 Å². The van der Waals surface area contributed by atoms with Crippen molar-refractivity contribution in [2.24, 2.45) is 0 Å².